The number of aliphatic hydroxyl groups excluding tert-OH is 1. The van der Waals surface area contributed by atoms with Gasteiger partial charge in [-0.2, -0.15) is 0 Å². The first-order valence-corrected chi connectivity index (χ1v) is 9.44. The molecule has 2 aromatic carbocycles. The number of hydrogen-bond acceptors (Lipinski definition) is 4. The number of aliphatic carboxylic acids is 1. The van der Waals surface area contributed by atoms with Gasteiger partial charge in [0.2, 0.25) is 0 Å². The van der Waals surface area contributed by atoms with Gasteiger partial charge in [0.15, 0.2) is 6.10 Å². The fraction of sp³-hybridized carbons (Fsp3) is 0.333. The minimum Gasteiger partial charge on any atom is -0.479 e. The first kappa shape index (κ1) is 21.0. The van der Waals surface area contributed by atoms with E-state index in [1.54, 1.807) is 30.3 Å². The Morgan fingerprint density at radius 1 is 1.11 bits per heavy atom. The van der Waals surface area contributed by atoms with Gasteiger partial charge in [-0.25, -0.2) is 4.79 Å². The lowest BCUT2D eigenvalue weighted by Crippen LogP contribution is -2.40. The van der Waals surface area contributed by atoms with Crippen LogP contribution in [0.25, 0.3) is 0 Å². The number of aliphatic hydroxyl groups is 1. The second kappa shape index (κ2) is 10.8. The van der Waals surface area contributed by atoms with Crippen LogP contribution in [0.1, 0.15) is 43.0 Å². The van der Waals surface area contributed by atoms with Crippen LogP contribution in [-0.4, -0.2) is 33.8 Å². The zero-order valence-corrected chi connectivity index (χ0v) is 16.2. The number of rotatable bonds is 5. The molecular weight excluding hydrogens is 360 g/mol. The molecule has 0 spiro atoms. The number of carbonyl (C=O) groups is 1. The van der Waals surface area contributed by atoms with Crippen LogP contribution in [0.5, 0.6) is 0 Å². The quantitative estimate of drug-likeness (QED) is 0.591. The molecule has 1 fully saturated rings. The van der Waals surface area contributed by atoms with Crippen LogP contribution in [0.2, 0.25) is 0 Å². The van der Waals surface area contributed by atoms with E-state index in [-0.39, 0.29) is 6.04 Å². The average molecular weight is 387 g/mol. The van der Waals surface area contributed by atoms with Crippen LogP contribution < -0.4 is 10.6 Å². The number of benzene rings is 2. The Morgan fingerprint density at radius 3 is 2.15 bits per heavy atom. The van der Waals surface area contributed by atoms with E-state index in [2.05, 4.69) is 41.8 Å². The van der Waals surface area contributed by atoms with Crippen molar-refractivity contribution in [3.63, 3.8) is 0 Å². The molecule has 0 amide bonds. The van der Waals surface area contributed by atoms with E-state index in [0.717, 1.165) is 18.0 Å². The highest BCUT2D eigenvalue weighted by molar-refractivity contribution is 7.80. The Bertz CT molecular complexity index is 719. The fourth-order valence-corrected chi connectivity index (χ4v) is 3.20. The maximum absolute atomic E-state index is 10.2. The van der Waals surface area contributed by atoms with Crippen LogP contribution in [0, 0.1) is 0 Å². The van der Waals surface area contributed by atoms with E-state index >= 15 is 0 Å². The van der Waals surface area contributed by atoms with Crippen LogP contribution in [-0.2, 0) is 4.79 Å². The topological polar surface area (TPSA) is 81.6 Å². The molecule has 0 aliphatic carbocycles. The van der Waals surface area contributed by atoms with Crippen molar-refractivity contribution < 1.29 is 15.0 Å². The molecule has 27 heavy (non-hydrogen) atoms. The summed E-state index contributed by atoms with van der Waals surface area (Å²) in [6.45, 7) is 3.24. The van der Waals surface area contributed by atoms with Crippen molar-refractivity contribution in [1.29, 1.82) is 0 Å². The van der Waals surface area contributed by atoms with E-state index in [9.17, 15) is 4.79 Å². The minimum atomic E-state index is -1.41. The summed E-state index contributed by atoms with van der Waals surface area (Å²) in [6.07, 6.45) is 0.982. The van der Waals surface area contributed by atoms with Gasteiger partial charge in [0, 0.05) is 6.04 Å². The zero-order chi connectivity index (χ0) is 19.6. The van der Waals surface area contributed by atoms with Gasteiger partial charge in [-0.05, 0) is 37.4 Å². The molecule has 3 atom stereocenters. The van der Waals surface area contributed by atoms with Gasteiger partial charge >= 0.3 is 5.97 Å². The lowest BCUT2D eigenvalue weighted by molar-refractivity contribution is -0.146. The van der Waals surface area contributed by atoms with Crippen molar-refractivity contribution in [1.82, 2.24) is 10.6 Å². The average Bonchev–Trinajstić information content (AvgIpc) is 3.24. The van der Waals surface area contributed by atoms with Crippen molar-refractivity contribution in [2.45, 2.75) is 38.0 Å². The SMILES string of the molecule is C[C@@H](NC(=S)[C@@H]1CCCN1)c1ccccc1.O=C(O)[C@@H](O)c1ccccc1. The number of hydrogen-bond donors (Lipinski definition) is 4. The molecule has 3 rings (SSSR count). The summed E-state index contributed by atoms with van der Waals surface area (Å²) in [4.78, 5) is 11.2. The lowest BCUT2D eigenvalue weighted by atomic mass is 10.1. The van der Waals surface area contributed by atoms with Crippen molar-refractivity contribution in [2.24, 2.45) is 0 Å². The first-order chi connectivity index (χ1) is 13.0. The summed E-state index contributed by atoms with van der Waals surface area (Å²) in [5, 5.41) is 24.2. The highest BCUT2D eigenvalue weighted by Crippen LogP contribution is 2.14. The Kier molecular flexibility index (Phi) is 8.39. The predicted molar refractivity (Wildman–Crippen MR) is 111 cm³/mol. The standard InChI is InChI=1S/C13H18N2S.C8H8O3/c1-10(11-6-3-2-4-7-11)15-13(16)12-8-5-9-14-12;9-7(8(10)11)6-4-2-1-3-5-6/h2-4,6-7,10,12,14H,5,8-9H2,1H3,(H,15,16);1-5,7,9H,(H,10,11)/t10-,12+;7-/m10/s1. The third-order valence-corrected chi connectivity index (χ3v) is 4.79. The number of thiocarbonyl (C=S) groups is 1. The third-order valence-electron chi connectivity index (χ3n) is 4.38. The monoisotopic (exact) mass is 386 g/mol. The first-order valence-electron chi connectivity index (χ1n) is 9.03. The highest BCUT2D eigenvalue weighted by atomic mass is 32.1. The second-order valence-corrected chi connectivity index (χ2v) is 6.88. The van der Waals surface area contributed by atoms with E-state index in [4.69, 9.17) is 22.4 Å². The maximum atomic E-state index is 10.2. The molecule has 1 saturated heterocycles. The number of carboxylic acids is 1. The highest BCUT2D eigenvalue weighted by Gasteiger charge is 2.20. The van der Waals surface area contributed by atoms with Gasteiger partial charge in [0.25, 0.3) is 0 Å². The second-order valence-electron chi connectivity index (χ2n) is 6.44. The summed E-state index contributed by atoms with van der Waals surface area (Å²) < 4.78 is 0. The predicted octanol–water partition coefficient (Wildman–Crippen LogP) is 3.22. The molecule has 1 heterocycles. The van der Waals surface area contributed by atoms with Crippen LogP contribution in [0.3, 0.4) is 0 Å². The molecule has 2 aromatic rings. The van der Waals surface area contributed by atoms with Crippen molar-refractivity contribution in [3.05, 3.63) is 71.8 Å². The molecule has 6 heteroatoms. The van der Waals surface area contributed by atoms with E-state index in [1.807, 2.05) is 6.07 Å². The van der Waals surface area contributed by atoms with Crippen LogP contribution >= 0.6 is 12.2 Å². The largest absolute Gasteiger partial charge is 0.479 e. The molecular formula is C21H26N2O3S. The van der Waals surface area contributed by atoms with Crippen molar-refractivity contribution in [3.8, 4) is 0 Å². The maximum Gasteiger partial charge on any atom is 0.337 e. The minimum absolute atomic E-state index is 0.288. The summed E-state index contributed by atoms with van der Waals surface area (Å²) in [5.41, 5.74) is 1.68. The van der Waals surface area contributed by atoms with E-state index in [1.165, 1.54) is 12.0 Å². The van der Waals surface area contributed by atoms with Gasteiger partial charge in [-0.1, -0.05) is 72.9 Å². The van der Waals surface area contributed by atoms with E-state index in [0.29, 0.717) is 11.6 Å². The number of carboxylic acid groups (broad SMARTS) is 1. The molecule has 0 saturated carbocycles. The zero-order valence-electron chi connectivity index (χ0n) is 15.3. The van der Waals surface area contributed by atoms with Gasteiger partial charge < -0.3 is 20.8 Å². The van der Waals surface area contributed by atoms with Crippen LogP contribution in [0.15, 0.2) is 60.7 Å². The Hall–Kier alpha value is -2.28. The smallest absolute Gasteiger partial charge is 0.337 e. The Morgan fingerprint density at radius 2 is 1.67 bits per heavy atom. The molecule has 1 aliphatic rings. The van der Waals surface area contributed by atoms with Crippen molar-refractivity contribution >= 4 is 23.2 Å². The molecule has 0 bridgehead atoms. The number of nitrogens with one attached hydrogen (secondary N) is 2. The van der Waals surface area contributed by atoms with Gasteiger partial charge in [0.1, 0.15) is 0 Å². The summed E-state index contributed by atoms with van der Waals surface area (Å²) in [5.74, 6) is -1.23. The summed E-state index contributed by atoms with van der Waals surface area (Å²) in [6, 6.07) is 19.3. The van der Waals surface area contributed by atoms with Gasteiger partial charge in [-0.15, -0.1) is 0 Å². The molecule has 5 nitrogen and oxygen atoms in total. The lowest BCUT2D eigenvalue weighted by Gasteiger charge is -2.20. The Balaban J connectivity index is 0.000000208. The van der Waals surface area contributed by atoms with E-state index < -0.39 is 12.1 Å². The summed E-state index contributed by atoms with van der Waals surface area (Å²) in [7, 11) is 0. The molecule has 0 aromatic heterocycles. The van der Waals surface area contributed by atoms with Gasteiger partial charge in [0.05, 0.1) is 11.0 Å². The fourth-order valence-electron chi connectivity index (χ4n) is 2.83. The van der Waals surface area contributed by atoms with Crippen molar-refractivity contribution in [2.75, 3.05) is 6.54 Å². The molecule has 144 valence electrons. The molecule has 0 radical (unpaired) electrons. The molecule has 4 N–H and O–H groups in total. The molecule has 0 unspecified atom stereocenters. The summed E-state index contributed by atoms with van der Waals surface area (Å²) >= 11 is 5.42. The third kappa shape index (κ3) is 6.75. The Labute approximate surface area is 165 Å². The van der Waals surface area contributed by atoms with Gasteiger partial charge in [-0.3, -0.25) is 0 Å². The molecule has 1 aliphatic heterocycles. The normalized spacial score (nSPS) is 17.9. The van der Waals surface area contributed by atoms with Crippen LogP contribution in [0.4, 0.5) is 0 Å².